The predicted molar refractivity (Wildman–Crippen MR) is 90.5 cm³/mol. The number of halogens is 1. The summed E-state index contributed by atoms with van der Waals surface area (Å²) in [4.78, 5) is 25.7. The van der Waals surface area contributed by atoms with Crippen molar-refractivity contribution in [2.45, 2.75) is 22.3 Å². The molecule has 2 unspecified atom stereocenters. The van der Waals surface area contributed by atoms with Crippen LogP contribution in [0.4, 0.5) is 0 Å². The zero-order valence-electron chi connectivity index (χ0n) is 11.9. The fourth-order valence-corrected chi connectivity index (χ4v) is 4.55. The summed E-state index contributed by atoms with van der Waals surface area (Å²) in [6, 6.07) is 8.29. The highest BCUT2D eigenvalue weighted by atomic mass is 127. The number of ketones is 1. The SMILES string of the molecule is Cc1ccc(C2C(I)C(=O)N(C)C23C=CC(=O)C=C3)cc1. The molecule has 21 heavy (non-hydrogen) atoms. The molecular formula is C17H16INO2. The third-order valence-electron chi connectivity index (χ3n) is 4.40. The lowest BCUT2D eigenvalue weighted by atomic mass is 9.77. The number of alkyl halides is 1. The molecule has 0 bridgehead atoms. The van der Waals surface area contributed by atoms with E-state index in [2.05, 4.69) is 46.9 Å². The molecule has 1 amide bonds. The van der Waals surface area contributed by atoms with Crippen molar-refractivity contribution in [1.82, 2.24) is 4.90 Å². The Bertz CT molecular complexity index is 644. The van der Waals surface area contributed by atoms with Gasteiger partial charge >= 0.3 is 0 Å². The zero-order chi connectivity index (χ0) is 15.2. The first-order chi connectivity index (χ1) is 9.95. The lowest BCUT2D eigenvalue weighted by Crippen LogP contribution is -2.44. The first-order valence-corrected chi connectivity index (χ1v) is 8.11. The van der Waals surface area contributed by atoms with Crippen LogP contribution in [0.5, 0.6) is 0 Å². The molecule has 3 rings (SSSR count). The molecule has 1 aromatic carbocycles. The normalized spacial score (nSPS) is 26.9. The summed E-state index contributed by atoms with van der Waals surface area (Å²) in [5, 5.41) is 0. The molecule has 1 fully saturated rings. The fourth-order valence-electron chi connectivity index (χ4n) is 3.14. The number of likely N-dealkylation sites (N-methyl/N-ethyl adjacent to an activating group) is 1. The van der Waals surface area contributed by atoms with E-state index in [0.29, 0.717) is 0 Å². The average Bonchev–Trinajstić information content (AvgIpc) is 2.66. The minimum absolute atomic E-state index is 0.0109. The molecule has 1 aromatic rings. The molecular weight excluding hydrogens is 377 g/mol. The van der Waals surface area contributed by atoms with E-state index in [1.54, 1.807) is 17.1 Å². The number of benzene rings is 1. The van der Waals surface area contributed by atoms with Gasteiger partial charge in [-0.25, -0.2) is 0 Å². The molecule has 1 spiro atoms. The second kappa shape index (κ2) is 5.09. The molecule has 1 heterocycles. The maximum absolute atomic E-state index is 12.5. The summed E-state index contributed by atoms with van der Waals surface area (Å²) in [7, 11) is 1.81. The van der Waals surface area contributed by atoms with Crippen LogP contribution in [-0.4, -0.2) is 33.1 Å². The van der Waals surface area contributed by atoms with Crippen molar-refractivity contribution in [2.75, 3.05) is 7.05 Å². The van der Waals surface area contributed by atoms with Crippen LogP contribution >= 0.6 is 22.6 Å². The van der Waals surface area contributed by atoms with E-state index in [1.165, 1.54) is 5.56 Å². The van der Waals surface area contributed by atoms with Crippen LogP contribution in [-0.2, 0) is 9.59 Å². The summed E-state index contributed by atoms with van der Waals surface area (Å²) in [5.41, 5.74) is 1.79. The van der Waals surface area contributed by atoms with E-state index >= 15 is 0 Å². The first kappa shape index (κ1) is 14.5. The maximum atomic E-state index is 12.5. The van der Waals surface area contributed by atoms with E-state index < -0.39 is 5.54 Å². The Morgan fingerprint density at radius 3 is 2.24 bits per heavy atom. The Morgan fingerprint density at radius 1 is 1.10 bits per heavy atom. The van der Waals surface area contributed by atoms with Crippen LogP contribution in [0.25, 0.3) is 0 Å². The lowest BCUT2D eigenvalue weighted by molar-refractivity contribution is -0.127. The van der Waals surface area contributed by atoms with Gasteiger partial charge in [0.25, 0.3) is 0 Å². The maximum Gasteiger partial charge on any atom is 0.236 e. The first-order valence-electron chi connectivity index (χ1n) is 6.86. The molecule has 108 valence electrons. The molecule has 1 saturated heterocycles. The molecule has 0 N–H and O–H groups in total. The van der Waals surface area contributed by atoms with Gasteiger partial charge in [-0.05, 0) is 24.6 Å². The van der Waals surface area contributed by atoms with Gasteiger partial charge < -0.3 is 4.90 Å². The monoisotopic (exact) mass is 393 g/mol. The number of hydrogen-bond acceptors (Lipinski definition) is 2. The van der Waals surface area contributed by atoms with Gasteiger partial charge in [0.05, 0.1) is 9.46 Å². The van der Waals surface area contributed by atoms with Crippen LogP contribution in [0, 0.1) is 6.92 Å². The molecule has 2 atom stereocenters. The van der Waals surface area contributed by atoms with Crippen molar-refractivity contribution in [2.24, 2.45) is 0 Å². The summed E-state index contributed by atoms with van der Waals surface area (Å²) in [6.07, 6.45) is 6.88. The van der Waals surface area contributed by atoms with Gasteiger partial charge in [-0.15, -0.1) is 0 Å². The second-order valence-electron chi connectivity index (χ2n) is 5.64. The van der Waals surface area contributed by atoms with E-state index in [4.69, 9.17) is 0 Å². The van der Waals surface area contributed by atoms with Crippen LogP contribution in [0.2, 0.25) is 0 Å². The Kier molecular flexibility index (Phi) is 3.51. The van der Waals surface area contributed by atoms with E-state index in [9.17, 15) is 9.59 Å². The molecule has 2 aliphatic rings. The Balaban J connectivity index is 2.13. The summed E-state index contributed by atoms with van der Waals surface area (Å²) >= 11 is 2.22. The van der Waals surface area contributed by atoms with Crippen molar-refractivity contribution < 1.29 is 9.59 Å². The zero-order valence-corrected chi connectivity index (χ0v) is 14.1. The highest BCUT2D eigenvalue weighted by Crippen LogP contribution is 2.48. The van der Waals surface area contributed by atoms with Gasteiger partial charge in [0.2, 0.25) is 5.91 Å². The molecule has 4 heteroatoms. The van der Waals surface area contributed by atoms with Gasteiger partial charge in [0, 0.05) is 13.0 Å². The standard InChI is InChI=1S/C17H16INO2/c1-11-3-5-12(6-4-11)14-15(18)16(21)19(2)17(14)9-7-13(20)8-10-17/h3-10,14-15H,1-2H3. The molecule has 0 radical (unpaired) electrons. The number of likely N-dealkylation sites (tertiary alicyclic amines) is 1. The van der Waals surface area contributed by atoms with Crippen LogP contribution in [0.1, 0.15) is 17.0 Å². The summed E-state index contributed by atoms with van der Waals surface area (Å²) in [5.74, 6) is 0.0858. The number of amides is 1. The van der Waals surface area contributed by atoms with Crippen molar-refractivity contribution >= 4 is 34.3 Å². The minimum atomic E-state index is -0.536. The Morgan fingerprint density at radius 2 is 1.67 bits per heavy atom. The van der Waals surface area contributed by atoms with E-state index in [1.807, 2.05) is 26.1 Å². The van der Waals surface area contributed by atoms with Crippen LogP contribution in [0.15, 0.2) is 48.6 Å². The average molecular weight is 393 g/mol. The van der Waals surface area contributed by atoms with E-state index in [-0.39, 0.29) is 21.5 Å². The summed E-state index contributed by atoms with van der Waals surface area (Å²) < 4.78 is -0.141. The number of carbonyl (C=O) groups excluding carboxylic acids is 2. The van der Waals surface area contributed by atoms with Gasteiger partial charge in [-0.1, -0.05) is 64.6 Å². The van der Waals surface area contributed by atoms with Gasteiger partial charge in [0.1, 0.15) is 0 Å². The van der Waals surface area contributed by atoms with Crippen molar-refractivity contribution in [1.29, 1.82) is 0 Å². The number of nitrogens with zero attached hydrogens (tertiary/aromatic N) is 1. The van der Waals surface area contributed by atoms with E-state index in [0.717, 1.165) is 5.56 Å². The highest BCUT2D eigenvalue weighted by molar-refractivity contribution is 14.1. The number of aryl methyl sites for hydroxylation is 1. The lowest BCUT2D eigenvalue weighted by Gasteiger charge is -2.37. The fraction of sp³-hybridized carbons (Fsp3) is 0.294. The predicted octanol–water partition coefficient (Wildman–Crippen LogP) is 2.79. The highest BCUT2D eigenvalue weighted by Gasteiger charge is 2.54. The second-order valence-corrected chi connectivity index (χ2v) is 6.99. The number of allylic oxidation sites excluding steroid dienone is 2. The number of hydrogen-bond donors (Lipinski definition) is 0. The third-order valence-corrected chi connectivity index (χ3v) is 5.66. The minimum Gasteiger partial charge on any atom is -0.331 e. The Labute approximate surface area is 137 Å². The summed E-state index contributed by atoms with van der Waals surface area (Å²) in [6.45, 7) is 2.05. The number of rotatable bonds is 1. The van der Waals surface area contributed by atoms with Crippen molar-refractivity contribution in [3.8, 4) is 0 Å². The van der Waals surface area contributed by atoms with Crippen molar-refractivity contribution in [3.63, 3.8) is 0 Å². The molecule has 0 saturated carbocycles. The smallest absolute Gasteiger partial charge is 0.236 e. The van der Waals surface area contributed by atoms with Gasteiger partial charge in [0.15, 0.2) is 5.78 Å². The molecule has 1 aliphatic heterocycles. The van der Waals surface area contributed by atoms with Crippen LogP contribution < -0.4 is 0 Å². The molecule has 0 aromatic heterocycles. The largest absolute Gasteiger partial charge is 0.331 e. The third kappa shape index (κ3) is 2.16. The van der Waals surface area contributed by atoms with Gasteiger partial charge in [-0.2, -0.15) is 0 Å². The topological polar surface area (TPSA) is 37.4 Å². The Hall–Kier alpha value is -1.43. The van der Waals surface area contributed by atoms with Gasteiger partial charge in [-0.3, -0.25) is 9.59 Å². The van der Waals surface area contributed by atoms with Crippen LogP contribution in [0.3, 0.4) is 0 Å². The molecule has 1 aliphatic carbocycles. The molecule has 3 nitrogen and oxygen atoms in total. The number of carbonyl (C=O) groups is 2. The quantitative estimate of drug-likeness (QED) is 0.544. The van der Waals surface area contributed by atoms with Crippen molar-refractivity contribution in [3.05, 3.63) is 59.7 Å².